The van der Waals surface area contributed by atoms with Gasteiger partial charge in [0.15, 0.2) is 11.6 Å². The topological polar surface area (TPSA) is 72.0 Å². The summed E-state index contributed by atoms with van der Waals surface area (Å²) in [6, 6.07) is 13.7. The van der Waals surface area contributed by atoms with E-state index in [4.69, 9.17) is 14.5 Å². The number of amides is 1. The van der Waals surface area contributed by atoms with Gasteiger partial charge < -0.3 is 19.3 Å². The highest BCUT2D eigenvalue weighted by atomic mass is 19.1. The zero-order valence-corrected chi connectivity index (χ0v) is 27.6. The van der Waals surface area contributed by atoms with Crippen molar-refractivity contribution >= 4 is 17.7 Å². The highest BCUT2D eigenvalue weighted by Crippen LogP contribution is 2.36. The van der Waals surface area contributed by atoms with E-state index in [1.165, 1.54) is 11.6 Å². The molecule has 0 atom stereocenters. The Balaban J connectivity index is 1.27. The fourth-order valence-electron chi connectivity index (χ4n) is 6.43. The third-order valence-corrected chi connectivity index (χ3v) is 9.09. The molecule has 0 bridgehead atoms. The maximum Gasteiger partial charge on any atom is 0.309 e. The Morgan fingerprint density at radius 2 is 1.67 bits per heavy atom. The van der Waals surface area contributed by atoms with Crippen molar-refractivity contribution in [3.8, 4) is 17.0 Å². The van der Waals surface area contributed by atoms with Crippen LogP contribution in [0.4, 0.5) is 14.6 Å². The fraction of sp³-hybridized carbons (Fsp3) is 0.486. The zero-order chi connectivity index (χ0) is 33.0. The van der Waals surface area contributed by atoms with E-state index in [9.17, 15) is 14.0 Å². The lowest BCUT2D eigenvalue weighted by molar-refractivity contribution is -0.148. The van der Waals surface area contributed by atoms with Crippen LogP contribution in [0.3, 0.4) is 0 Å². The molecule has 0 unspecified atom stereocenters. The molecule has 0 spiro atoms. The van der Waals surface area contributed by atoms with E-state index in [0.29, 0.717) is 50.0 Å². The van der Waals surface area contributed by atoms with Crippen LogP contribution in [0.1, 0.15) is 76.0 Å². The van der Waals surface area contributed by atoms with E-state index >= 15 is 4.39 Å². The average Bonchev–Trinajstić information content (AvgIpc) is 3.04. The van der Waals surface area contributed by atoms with Crippen molar-refractivity contribution in [3.05, 3.63) is 76.9 Å². The summed E-state index contributed by atoms with van der Waals surface area (Å²) in [5.41, 5.74) is 3.43. The Morgan fingerprint density at radius 3 is 2.33 bits per heavy atom. The number of aromatic nitrogens is 1. The van der Waals surface area contributed by atoms with E-state index in [1.54, 1.807) is 13.0 Å². The van der Waals surface area contributed by atoms with E-state index in [2.05, 4.69) is 17.0 Å². The number of anilines is 1. The van der Waals surface area contributed by atoms with Gasteiger partial charge in [0.05, 0.1) is 18.2 Å². The van der Waals surface area contributed by atoms with Crippen molar-refractivity contribution in [2.24, 2.45) is 11.3 Å². The van der Waals surface area contributed by atoms with E-state index in [1.807, 2.05) is 50.8 Å². The molecule has 7 nitrogen and oxygen atoms in total. The number of likely N-dealkylation sites (tertiary alicyclic amines) is 1. The first kappa shape index (κ1) is 33.4. The van der Waals surface area contributed by atoms with Crippen LogP contribution in [0, 0.1) is 29.9 Å². The highest BCUT2D eigenvalue weighted by molar-refractivity contribution is 5.81. The van der Waals surface area contributed by atoms with Crippen LogP contribution in [-0.2, 0) is 20.9 Å². The van der Waals surface area contributed by atoms with E-state index < -0.39 is 11.6 Å². The normalized spacial score (nSPS) is 16.4. The van der Waals surface area contributed by atoms with Gasteiger partial charge in [-0.1, -0.05) is 45.0 Å². The summed E-state index contributed by atoms with van der Waals surface area (Å²) in [7, 11) is 0. The van der Waals surface area contributed by atoms with Gasteiger partial charge in [0.1, 0.15) is 18.2 Å². The standard InChI is InChI=1S/C37H45F2N3O4/c1-6-45-35(43)26-14-16-41(17-15-26)33-9-7-8-32(40-33)30-21-29(38)22-31(39)34(30)46-23-28-11-10-27(20-24(28)2)25-12-18-42(19-13-25)36(44)37(3,4)5/h7-11,20-22,25-26H,6,12-19,23H2,1-5H3. The number of carbonyl (C=O) groups is 2. The second-order valence-electron chi connectivity index (χ2n) is 13.4. The molecule has 246 valence electrons. The second kappa shape index (κ2) is 14.2. The maximum atomic E-state index is 15.2. The Kier molecular flexibility index (Phi) is 10.3. The van der Waals surface area contributed by atoms with Gasteiger partial charge in [0, 0.05) is 43.2 Å². The molecule has 3 aromatic rings. The van der Waals surface area contributed by atoms with Gasteiger partial charge in [0.25, 0.3) is 0 Å². The first-order valence-electron chi connectivity index (χ1n) is 16.3. The summed E-state index contributed by atoms with van der Waals surface area (Å²) in [6.45, 7) is 12.9. The lowest BCUT2D eigenvalue weighted by Gasteiger charge is -2.36. The van der Waals surface area contributed by atoms with Crippen LogP contribution in [0.5, 0.6) is 5.75 Å². The third-order valence-electron chi connectivity index (χ3n) is 9.09. The lowest BCUT2D eigenvalue weighted by atomic mass is 9.86. The van der Waals surface area contributed by atoms with Crippen LogP contribution in [0.25, 0.3) is 11.3 Å². The van der Waals surface area contributed by atoms with Crippen molar-refractivity contribution in [2.75, 3.05) is 37.7 Å². The van der Waals surface area contributed by atoms with Crippen LogP contribution in [0.2, 0.25) is 0 Å². The molecule has 5 rings (SSSR count). The molecule has 2 saturated heterocycles. The Morgan fingerprint density at radius 1 is 0.957 bits per heavy atom. The largest absolute Gasteiger partial charge is 0.485 e. The van der Waals surface area contributed by atoms with Gasteiger partial charge in [-0.05, 0) is 80.3 Å². The highest BCUT2D eigenvalue weighted by Gasteiger charge is 2.31. The molecule has 0 aliphatic carbocycles. The number of rotatable bonds is 8. The molecule has 46 heavy (non-hydrogen) atoms. The predicted molar refractivity (Wildman–Crippen MR) is 175 cm³/mol. The molecular weight excluding hydrogens is 588 g/mol. The number of hydrogen-bond acceptors (Lipinski definition) is 6. The summed E-state index contributed by atoms with van der Waals surface area (Å²) >= 11 is 0. The van der Waals surface area contributed by atoms with Gasteiger partial charge in [-0.15, -0.1) is 0 Å². The summed E-state index contributed by atoms with van der Waals surface area (Å²) in [4.78, 5) is 33.7. The lowest BCUT2D eigenvalue weighted by Crippen LogP contribution is -2.43. The number of nitrogens with zero attached hydrogens (tertiary/aromatic N) is 3. The summed E-state index contributed by atoms with van der Waals surface area (Å²) in [5, 5.41) is 0. The first-order valence-corrected chi connectivity index (χ1v) is 16.3. The van der Waals surface area contributed by atoms with Crippen molar-refractivity contribution in [3.63, 3.8) is 0 Å². The number of halogens is 2. The summed E-state index contributed by atoms with van der Waals surface area (Å²) in [6.07, 6.45) is 3.14. The molecule has 9 heteroatoms. The predicted octanol–water partition coefficient (Wildman–Crippen LogP) is 7.45. The number of carbonyl (C=O) groups excluding carboxylic acids is 2. The minimum Gasteiger partial charge on any atom is -0.485 e. The number of ether oxygens (including phenoxy) is 2. The Bertz CT molecular complexity index is 1550. The van der Waals surface area contributed by atoms with Gasteiger partial charge in [-0.3, -0.25) is 9.59 Å². The zero-order valence-electron chi connectivity index (χ0n) is 27.6. The minimum absolute atomic E-state index is 0.0496. The van der Waals surface area contributed by atoms with Crippen LogP contribution in [0.15, 0.2) is 48.5 Å². The molecule has 0 N–H and O–H groups in total. The number of aryl methyl sites for hydroxylation is 1. The molecular formula is C37H45F2N3O4. The van der Waals surface area contributed by atoms with E-state index in [0.717, 1.165) is 43.1 Å². The molecule has 3 heterocycles. The molecule has 2 aliphatic rings. The molecule has 2 aromatic carbocycles. The number of hydrogen-bond donors (Lipinski definition) is 0. The molecule has 2 fully saturated rings. The minimum atomic E-state index is -0.789. The van der Waals surface area contributed by atoms with Gasteiger partial charge in [-0.25, -0.2) is 13.8 Å². The van der Waals surface area contributed by atoms with Gasteiger partial charge in [-0.2, -0.15) is 0 Å². The first-order chi connectivity index (χ1) is 21.9. The van der Waals surface area contributed by atoms with Gasteiger partial charge >= 0.3 is 5.97 Å². The number of benzene rings is 2. The average molecular weight is 634 g/mol. The number of pyridine rings is 1. The fourth-order valence-corrected chi connectivity index (χ4v) is 6.43. The molecule has 1 amide bonds. The number of piperidine rings is 2. The summed E-state index contributed by atoms with van der Waals surface area (Å²) in [5.74, 6) is -0.609. The third kappa shape index (κ3) is 7.68. The summed E-state index contributed by atoms with van der Waals surface area (Å²) < 4.78 is 41.0. The molecule has 1 aromatic heterocycles. The van der Waals surface area contributed by atoms with E-state index in [-0.39, 0.29) is 41.1 Å². The smallest absolute Gasteiger partial charge is 0.309 e. The van der Waals surface area contributed by atoms with Crippen molar-refractivity contribution in [1.82, 2.24) is 9.88 Å². The number of esters is 1. The monoisotopic (exact) mass is 633 g/mol. The second-order valence-corrected chi connectivity index (χ2v) is 13.4. The van der Waals surface area contributed by atoms with Crippen molar-refractivity contribution in [1.29, 1.82) is 0 Å². The molecule has 2 aliphatic heterocycles. The van der Waals surface area contributed by atoms with Gasteiger partial charge in [0.2, 0.25) is 5.91 Å². The van der Waals surface area contributed by atoms with Crippen LogP contribution < -0.4 is 9.64 Å². The molecule has 0 saturated carbocycles. The Hall–Kier alpha value is -4.01. The molecule has 0 radical (unpaired) electrons. The van der Waals surface area contributed by atoms with Crippen LogP contribution >= 0.6 is 0 Å². The van der Waals surface area contributed by atoms with Crippen molar-refractivity contribution in [2.45, 2.75) is 72.8 Å². The maximum absolute atomic E-state index is 15.2. The van der Waals surface area contributed by atoms with Crippen LogP contribution in [-0.4, -0.2) is 54.5 Å². The quantitative estimate of drug-likeness (QED) is 0.240. The Labute approximate surface area is 270 Å². The van der Waals surface area contributed by atoms with Crippen molar-refractivity contribution < 1.29 is 27.8 Å². The SMILES string of the molecule is CCOC(=O)C1CCN(c2cccc(-c3cc(F)cc(F)c3OCc3ccc(C4CCN(C(=O)C(C)(C)C)CC4)cc3C)n2)CC1.